The first-order valence-electron chi connectivity index (χ1n) is 7.84. The fraction of sp³-hybridized carbons (Fsp3) is 0.471. The molecule has 0 radical (unpaired) electrons. The van der Waals surface area contributed by atoms with Crippen molar-refractivity contribution in [3.05, 3.63) is 30.3 Å². The van der Waals surface area contributed by atoms with Crippen molar-refractivity contribution in [2.24, 2.45) is 5.92 Å². The molecule has 0 heterocycles. The molecule has 1 aromatic carbocycles. The molecule has 1 rings (SSSR count). The number of carbonyl (C=O) groups excluding carboxylic acids is 3. The van der Waals surface area contributed by atoms with Crippen molar-refractivity contribution in [2.75, 3.05) is 13.2 Å². The fourth-order valence-corrected chi connectivity index (χ4v) is 1.69. The first-order chi connectivity index (χ1) is 11.4. The lowest BCUT2D eigenvalue weighted by molar-refractivity contribution is -0.154. The molecular weight excluding hydrogens is 312 g/mol. The third-order valence-electron chi connectivity index (χ3n) is 2.99. The molecule has 0 saturated heterocycles. The summed E-state index contributed by atoms with van der Waals surface area (Å²) in [5.41, 5.74) is 0. The van der Waals surface area contributed by atoms with Gasteiger partial charge in [0.15, 0.2) is 12.7 Å². The van der Waals surface area contributed by atoms with Crippen molar-refractivity contribution in [2.45, 2.75) is 33.3 Å². The summed E-state index contributed by atoms with van der Waals surface area (Å²) in [6, 6.07) is 8.19. The van der Waals surface area contributed by atoms with E-state index < -0.39 is 30.6 Å². The number of urea groups is 1. The summed E-state index contributed by atoms with van der Waals surface area (Å²) in [4.78, 5) is 34.7. The number of esters is 1. The van der Waals surface area contributed by atoms with Gasteiger partial charge in [0.1, 0.15) is 5.75 Å². The Morgan fingerprint density at radius 2 is 1.75 bits per heavy atom. The van der Waals surface area contributed by atoms with Crippen LogP contribution in [0.25, 0.3) is 0 Å². The molecule has 0 fully saturated rings. The zero-order chi connectivity index (χ0) is 17.9. The van der Waals surface area contributed by atoms with E-state index in [-0.39, 0.29) is 0 Å². The molecule has 24 heavy (non-hydrogen) atoms. The number of para-hydroxylation sites is 1. The maximum Gasteiger partial charge on any atom is 0.347 e. The second-order valence-electron chi connectivity index (χ2n) is 5.67. The number of nitrogens with one attached hydrogen (secondary N) is 2. The molecule has 7 nitrogen and oxygen atoms in total. The lowest BCUT2D eigenvalue weighted by atomic mass is 10.1. The number of rotatable bonds is 8. The molecule has 0 aliphatic heterocycles. The molecule has 3 amide bonds. The minimum absolute atomic E-state index is 0.452. The van der Waals surface area contributed by atoms with Gasteiger partial charge in [-0.15, -0.1) is 0 Å². The lowest BCUT2D eigenvalue weighted by Crippen LogP contribution is -2.42. The van der Waals surface area contributed by atoms with Gasteiger partial charge in [0, 0.05) is 6.54 Å². The average molecular weight is 336 g/mol. The van der Waals surface area contributed by atoms with Crippen LogP contribution in [0.15, 0.2) is 30.3 Å². The predicted octanol–water partition coefficient (Wildman–Crippen LogP) is 1.87. The molecule has 0 unspecified atom stereocenters. The van der Waals surface area contributed by atoms with Gasteiger partial charge < -0.3 is 14.8 Å². The topological polar surface area (TPSA) is 93.7 Å². The molecule has 1 atom stereocenters. The highest BCUT2D eigenvalue weighted by molar-refractivity contribution is 5.95. The summed E-state index contributed by atoms with van der Waals surface area (Å²) in [5, 5.41) is 4.64. The number of benzene rings is 1. The number of imide groups is 1. The summed E-state index contributed by atoms with van der Waals surface area (Å²) in [6.07, 6.45) is -0.0506. The van der Waals surface area contributed by atoms with Gasteiger partial charge >= 0.3 is 12.0 Å². The van der Waals surface area contributed by atoms with Crippen molar-refractivity contribution in [3.63, 3.8) is 0 Å². The van der Waals surface area contributed by atoms with Crippen LogP contribution < -0.4 is 15.4 Å². The van der Waals surface area contributed by atoms with Crippen molar-refractivity contribution < 1.29 is 23.9 Å². The quantitative estimate of drug-likeness (QED) is 0.707. The Hall–Kier alpha value is -2.57. The van der Waals surface area contributed by atoms with Crippen LogP contribution in [0.1, 0.15) is 27.2 Å². The van der Waals surface area contributed by atoms with Crippen LogP contribution in [0.5, 0.6) is 5.75 Å². The van der Waals surface area contributed by atoms with E-state index in [0.29, 0.717) is 18.2 Å². The highest BCUT2D eigenvalue weighted by Gasteiger charge is 2.18. The second-order valence-corrected chi connectivity index (χ2v) is 5.67. The van der Waals surface area contributed by atoms with Crippen LogP contribution in [0.2, 0.25) is 0 Å². The molecule has 0 spiro atoms. The standard InChI is InChI=1S/C17H24N2O5/c1-12(2)9-10-18-17(22)19-15(20)11-23-16(21)13(3)24-14-7-5-4-6-8-14/h4-8,12-13H,9-11H2,1-3H3,(H2,18,19,20,22)/t13-/m1/s1. The normalized spacial score (nSPS) is 11.5. The minimum atomic E-state index is -0.861. The monoisotopic (exact) mass is 336 g/mol. The molecular formula is C17H24N2O5. The summed E-state index contributed by atoms with van der Waals surface area (Å²) in [7, 11) is 0. The largest absolute Gasteiger partial charge is 0.479 e. The van der Waals surface area contributed by atoms with Crippen LogP contribution >= 0.6 is 0 Å². The summed E-state index contributed by atoms with van der Waals surface area (Å²) in [6.45, 7) is 5.51. The Balaban J connectivity index is 2.25. The fourth-order valence-electron chi connectivity index (χ4n) is 1.69. The first kappa shape index (κ1) is 19.5. The Kier molecular flexibility index (Phi) is 8.32. The van der Waals surface area contributed by atoms with E-state index in [1.807, 2.05) is 19.9 Å². The van der Waals surface area contributed by atoms with Gasteiger partial charge in [-0.25, -0.2) is 9.59 Å². The Morgan fingerprint density at radius 1 is 1.08 bits per heavy atom. The van der Waals surface area contributed by atoms with Crippen LogP contribution in [0, 0.1) is 5.92 Å². The van der Waals surface area contributed by atoms with Gasteiger partial charge in [-0.1, -0.05) is 32.0 Å². The van der Waals surface area contributed by atoms with E-state index in [1.165, 1.54) is 6.92 Å². The third-order valence-corrected chi connectivity index (χ3v) is 2.99. The zero-order valence-corrected chi connectivity index (χ0v) is 14.2. The van der Waals surface area contributed by atoms with E-state index >= 15 is 0 Å². The van der Waals surface area contributed by atoms with Crippen molar-refractivity contribution in [1.29, 1.82) is 0 Å². The summed E-state index contributed by atoms with van der Waals surface area (Å²) < 4.78 is 10.2. The van der Waals surface area contributed by atoms with E-state index in [0.717, 1.165) is 6.42 Å². The first-order valence-corrected chi connectivity index (χ1v) is 7.84. The van der Waals surface area contributed by atoms with Crippen LogP contribution in [-0.2, 0) is 14.3 Å². The second kappa shape index (κ2) is 10.3. The smallest absolute Gasteiger partial charge is 0.347 e. The highest BCUT2D eigenvalue weighted by Crippen LogP contribution is 2.11. The summed E-state index contributed by atoms with van der Waals surface area (Å²) in [5.74, 6) is -0.407. The summed E-state index contributed by atoms with van der Waals surface area (Å²) >= 11 is 0. The molecule has 7 heteroatoms. The van der Waals surface area contributed by atoms with Crippen molar-refractivity contribution in [3.8, 4) is 5.75 Å². The van der Waals surface area contributed by atoms with E-state index in [2.05, 4.69) is 10.6 Å². The average Bonchev–Trinajstić information content (AvgIpc) is 2.53. The molecule has 132 valence electrons. The molecule has 1 aromatic rings. The third kappa shape index (κ3) is 8.17. The predicted molar refractivity (Wildman–Crippen MR) is 88.5 cm³/mol. The van der Waals surface area contributed by atoms with Crippen molar-refractivity contribution >= 4 is 17.9 Å². The van der Waals surface area contributed by atoms with Crippen LogP contribution in [0.4, 0.5) is 4.79 Å². The SMILES string of the molecule is CC(C)CCNC(=O)NC(=O)COC(=O)[C@@H](C)Oc1ccccc1. The number of carbonyl (C=O) groups is 3. The van der Waals surface area contributed by atoms with E-state index in [4.69, 9.17) is 9.47 Å². The molecule has 2 N–H and O–H groups in total. The van der Waals surface area contributed by atoms with Gasteiger partial charge in [-0.05, 0) is 31.4 Å². The molecule has 0 aliphatic rings. The number of amides is 3. The maximum atomic E-state index is 11.8. The van der Waals surface area contributed by atoms with Crippen molar-refractivity contribution in [1.82, 2.24) is 10.6 Å². The van der Waals surface area contributed by atoms with Crippen LogP contribution in [-0.4, -0.2) is 37.2 Å². The number of ether oxygens (including phenoxy) is 2. The zero-order valence-electron chi connectivity index (χ0n) is 14.2. The van der Waals surface area contributed by atoms with Gasteiger partial charge in [-0.3, -0.25) is 10.1 Å². The number of hydrogen-bond donors (Lipinski definition) is 2. The lowest BCUT2D eigenvalue weighted by Gasteiger charge is -2.13. The molecule has 0 bridgehead atoms. The Morgan fingerprint density at radius 3 is 2.38 bits per heavy atom. The van der Waals surface area contributed by atoms with Gasteiger partial charge in [0.25, 0.3) is 5.91 Å². The Bertz CT molecular complexity index is 545. The van der Waals surface area contributed by atoms with E-state index in [9.17, 15) is 14.4 Å². The van der Waals surface area contributed by atoms with Gasteiger partial charge in [-0.2, -0.15) is 0 Å². The van der Waals surface area contributed by atoms with Crippen LogP contribution in [0.3, 0.4) is 0 Å². The maximum absolute atomic E-state index is 11.8. The van der Waals surface area contributed by atoms with E-state index in [1.54, 1.807) is 24.3 Å². The van der Waals surface area contributed by atoms with Gasteiger partial charge in [0.2, 0.25) is 0 Å². The number of hydrogen-bond acceptors (Lipinski definition) is 5. The highest BCUT2D eigenvalue weighted by atomic mass is 16.6. The van der Waals surface area contributed by atoms with Gasteiger partial charge in [0.05, 0.1) is 0 Å². The molecule has 0 aliphatic carbocycles. The Labute approximate surface area is 141 Å². The molecule has 0 aromatic heterocycles. The molecule has 0 saturated carbocycles. The minimum Gasteiger partial charge on any atom is -0.479 e.